The van der Waals surface area contributed by atoms with Crippen LogP contribution in [0.25, 0.3) is 0 Å². The first kappa shape index (κ1) is 12.7. The molecule has 0 aliphatic carbocycles. The number of hydrogen-bond donors (Lipinski definition) is 0. The van der Waals surface area contributed by atoms with Gasteiger partial charge in [0.25, 0.3) is 0 Å². The summed E-state index contributed by atoms with van der Waals surface area (Å²) in [6.07, 6.45) is 0. The van der Waals surface area contributed by atoms with Crippen molar-refractivity contribution in [3.05, 3.63) is 63.6 Å². The predicted molar refractivity (Wildman–Crippen MR) is 74.4 cm³/mol. The van der Waals surface area contributed by atoms with E-state index in [0.29, 0.717) is 12.2 Å². The standard InChI is InChI=1S/C15H12BrNO/c1-11-8-14(7-6-12(11)9-17)18-10-13-4-2-3-5-15(13)16/h2-8H,10H2,1H3. The van der Waals surface area contributed by atoms with Gasteiger partial charge in [0.05, 0.1) is 11.6 Å². The van der Waals surface area contributed by atoms with E-state index in [1.807, 2.05) is 43.3 Å². The molecular weight excluding hydrogens is 290 g/mol. The smallest absolute Gasteiger partial charge is 0.120 e. The lowest BCUT2D eigenvalue weighted by atomic mass is 10.1. The van der Waals surface area contributed by atoms with E-state index >= 15 is 0 Å². The minimum atomic E-state index is 0.507. The van der Waals surface area contributed by atoms with Gasteiger partial charge in [0.1, 0.15) is 12.4 Å². The summed E-state index contributed by atoms with van der Waals surface area (Å²) in [5, 5.41) is 8.86. The van der Waals surface area contributed by atoms with Crippen molar-refractivity contribution in [2.45, 2.75) is 13.5 Å². The molecule has 0 atom stereocenters. The SMILES string of the molecule is Cc1cc(OCc2ccccc2Br)ccc1C#N. The Kier molecular flexibility index (Phi) is 4.01. The van der Waals surface area contributed by atoms with Gasteiger partial charge in [-0.25, -0.2) is 0 Å². The van der Waals surface area contributed by atoms with Crippen molar-refractivity contribution in [3.63, 3.8) is 0 Å². The Bertz CT molecular complexity index is 602. The van der Waals surface area contributed by atoms with E-state index in [9.17, 15) is 0 Å². The Morgan fingerprint density at radius 1 is 1.22 bits per heavy atom. The molecule has 18 heavy (non-hydrogen) atoms. The lowest BCUT2D eigenvalue weighted by Gasteiger charge is -2.09. The van der Waals surface area contributed by atoms with Gasteiger partial charge in [-0.15, -0.1) is 0 Å². The first-order valence-corrected chi connectivity index (χ1v) is 6.37. The zero-order valence-corrected chi connectivity index (χ0v) is 11.6. The molecule has 0 unspecified atom stereocenters. The molecule has 2 nitrogen and oxygen atoms in total. The summed E-state index contributed by atoms with van der Waals surface area (Å²) in [4.78, 5) is 0. The highest BCUT2D eigenvalue weighted by Gasteiger charge is 2.02. The summed E-state index contributed by atoms with van der Waals surface area (Å²) in [7, 11) is 0. The number of benzene rings is 2. The summed E-state index contributed by atoms with van der Waals surface area (Å²) in [6.45, 7) is 2.41. The van der Waals surface area contributed by atoms with Crippen LogP contribution in [0.15, 0.2) is 46.9 Å². The summed E-state index contributed by atoms with van der Waals surface area (Å²) in [6, 6.07) is 15.6. The molecule has 2 aromatic carbocycles. The first-order chi connectivity index (χ1) is 8.70. The van der Waals surface area contributed by atoms with Gasteiger partial charge >= 0.3 is 0 Å². The van der Waals surface area contributed by atoms with Crippen molar-refractivity contribution in [1.82, 2.24) is 0 Å². The van der Waals surface area contributed by atoms with E-state index in [1.165, 1.54) is 0 Å². The molecular formula is C15H12BrNO. The third-order valence-electron chi connectivity index (χ3n) is 2.67. The van der Waals surface area contributed by atoms with Crippen LogP contribution in [0.1, 0.15) is 16.7 Å². The van der Waals surface area contributed by atoms with Gasteiger partial charge in [0.15, 0.2) is 0 Å². The molecule has 0 fully saturated rings. The highest BCUT2D eigenvalue weighted by atomic mass is 79.9. The van der Waals surface area contributed by atoms with E-state index in [1.54, 1.807) is 6.07 Å². The maximum Gasteiger partial charge on any atom is 0.120 e. The number of hydrogen-bond acceptors (Lipinski definition) is 2. The van der Waals surface area contributed by atoms with E-state index in [2.05, 4.69) is 22.0 Å². The van der Waals surface area contributed by atoms with Crippen LogP contribution in [-0.4, -0.2) is 0 Å². The van der Waals surface area contributed by atoms with Crippen LogP contribution in [0.3, 0.4) is 0 Å². The lowest BCUT2D eigenvalue weighted by molar-refractivity contribution is 0.305. The van der Waals surface area contributed by atoms with Gasteiger partial charge in [-0.2, -0.15) is 5.26 Å². The van der Waals surface area contributed by atoms with Crippen LogP contribution in [0.2, 0.25) is 0 Å². The second-order valence-corrected chi connectivity index (χ2v) is 4.82. The van der Waals surface area contributed by atoms with Crippen molar-refractivity contribution in [2.75, 3.05) is 0 Å². The van der Waals surface area contributed by atoms with Gasteiger partial charge < -0.3 is 4.74 Å². The normalized spacial score (nSPS) is 9.83. The molecule has 0 saturated heterocycles. The monoisotopic (exact) mass is 301 g/mol. The molecule has 0 saturated carbocycles. The average Bonchev–Trinajstić information content (AvgIpc) is 2.38. The zero-order valence-electron chi connectivity index (χ0n) is 9.98. The van der Waals surface area contributed by atoms with Gasteiger partial charge in [-0.1, -0.05) is 34.1 Å². The molecule has 2 aromatic rings. The second kappa shape index (κ2) is 5.70. The van der Waals surface area contributed by atoms with Crippen LogP contribution in [-0.2, 0) is 6.61 Å². The van der Waals surface area contributed by atoms with Crippen molar-refractivity contribution in [3.8, 4) is 11.8 Å². The van der Waals surface area contributed by atoms with Crippen molar-refractivity contribution >= 4 is 15.9 Å². The number of halogens is 1. The Hall–Kier alpha value is -1.79. The third-order valence-corrected chi connectivity index (χ3v) is 3.44. The third kappa shape index (κ3) is 2.91. The topological polar surface area (TPSA) is 33.0 Å². The molecule has 90 valence electrons. The molecule has 2 rings (SSSR count). The maximum atomic E-state index is 8.86. The highest BCUT2D eigenvalue weighted by molar-refractivity contribution is 9.10. The Morgan fingerprint density at radius 2 is 2.00 bits per heavy atom. The predicted octanol–water partition coefficient (Wildman–Crippen LogP) is 4.21. The van der Waals surface area contributed by atoms with E-state index in [4.69, 9.17) is 10.00 Å². The highest BCUT2D eigenvalue weighted by Crippen LogP contribution is 2.21. The lowest BCUT2D eigenvalue weighted by Crippen LogP contribution is -1.97. The quantitative estimate of drug-likeness (QED) is 0.851. The van der Waals surface area contributed by atoms with Crippen LogP contribution in [0.5, 0.6) is 5.75 Å². The fourth-order valence-corrected chi connectivity index (χ4v) is 2.03. The molecule has 0 N–H and O–H groups in total. The van der Waals surface area contributed by atoms with Gasteiger partial charge in [-0.3, -0.25) is 0 Å². The van der Waals surface area contributed by atoms with Crippen molar-refractivity contribution < 1.29 is 4.74 Å². The van der Waals surface area contributed by atoms with Crippen molar-refractivity contribution in [2.24, 2.45) is 0 Å². The Morgan fingerprint density at radius 3 is 2.67 bits per heavy atom. The molecule has 0 aliphatic rings. The minimum Gasteiger partial charge on any atom is -0.489 e. The second-order valence-electron chi connectivity index (χ2n) is 3.97. The largest absolute Gasteiger partial charge is 0.489 e. The van der Waals surface area contributed by atoms with Gasteiger partial charge in [-0.05, 0) is 36.8 Å². The summed E-state index contributed by atoms with van der Waals surface area (Å²) < 4.78 is 6.75. The molecule has 0 aromatic heterocycles. The van der Waals surface area contributed by atoms with Crippen molar-refractivity contribution in [1.29, 1.82) is 5.26 Å². The molecule has 0 bridgehead atoms. The van der Waals surface area contributed by atoms with E-state index in [-0.39, 0.29) is 0 Å². The summed E-state index contributed by atoms with van der Waals surface area (Å²) in [5.74, 6) is 0.780. The van der Waals surface area contributed by atoms with Crippen LogP contribution in [0, 0.1) is 18.3 Å². The number of nitriles is 1. The van der Waals surface area contributed by atoms with Gasteiger partial charge in [0.2, 0.25) is 0 Å². The van der Waals surface area contributed by atoms with Crippen LogP contribution >= 0.6 is 15.9 Å². The summed E-state index contributed by atoms with van der Waals surface area (Å²) >= 11 is 3.48. The molecule has 0 spiro atoms. The maximum absolute atomic E-state index is 8.86. The molecule has 0 amide bonds. The zero-order chi connectivity index (χ0) is 13.0. The minimum absolute atomic E-state index is 0.507. The Labute approximate surface area is 115 Å². The summed E-state index contributed by atoms with van der Waals surface area (Å²) in [5.41, 5.74) is 2.71. The van der Waals surface area contributed by atoms with Crippen LogP contribution in [0.4, 0.5) is 0 Å². The number of nitrogens with zero attached hydrogens (tertiary/aromatic N) is 1. The first-order valence-electron chi connectivity index (χ1n) is 5.57. The van der Waals surface area contributed by atoms with E-state index < -0.39 is 0 Å². The molecule has 0 heterocycles. The van der Waals surface area contributed by atoms with Crippen LogP contribution < -0.4 is 4.74 Å². The van der Waals surface area contributed by atoms with Gasteiger partial charge in [0, 0.05) is 10.0 Å². The average molecular weight is 302 g/mol. The Balaban J connectivity index is 2.10. The fourth-order valence-electron chi connectivity index (χ4n) is 1.63. The number of aryl methyl sites for hydroxylation is 1. The molecule has 0 aliphatic heterocycles. The van der Waals surface area contributed by atoms with E-state index in [0.717, 1.165) is 21.3 Å². The molecule has 0 radical (unpaired) electrons. The molecule has 3 heteroatoms. The fraction of sp³-hybridized carbons (Fsp3) is 0.133. The number of ether oxygens (including phenoxy) is 1. The number of rotatable bonds is 3.